The Balaban J connectivity index is 2.88. The third kappa shape index (κ3) is 5.67. The molecule has 0 amide bonds. The lowest BCUT2D eigenvalue weighted by Crippen LogP contribution is -2.24. The monoisotopic (exact) mass is 379 g/mol. The Morgan fingerprint density at radius 1 is 1.05 bits per heavy atom. The first kappa shape index (κ1) is 18.0. The molecule has 19 heavy (non-hydrogen) atoms. The van der Waals surface area contributed by atoms with Gasteiger partial charge in [-0.25, -0.2) is 4.67 Å². The fourth-order valence-electron chi connectivity index (χ4n) is 1.43. The van der Waals surface area contributed by atoms with Crippen LogP contribution in [0.3, 0.4) is 0 Å². The molecular weight excluding hydrogens is 367 g/mol. The Bertz CT molecular complexity index is 425. The quantitative estimate of drug-likeness (QED) is 0.432. The van der Waals surface area contributed by atoms with E-state index >= 15 is 0 Å². The molecule has 0 saturated carbocycles. The van der Waals surface area contributed by atoms with E-state index in [0.717, 1.165) is 4.90 Å². The maximum Gasteiger partial charge on any atom is 0.222 e. The van der Waals surface area contributed by atoms with E-state index in [1.165, 1.54) is 11.4 Å². The van der Waals surface area contributed by atoms with Crippen molar-refractivity contribution in [1.29, 1.82) is 0 Å². The molecule has 1 aromatic rings. The minimum absolute atomic E-state index is 0.0497. The number of hydrogen-bond acceptors (Lipinski definition) is 2. The number of nitrogens with zero attached hydrogens (tertiary/aromatic N) is 1. The van der Waals surface area contributed by atoms with Crippen molar-refractivity contribution in [2.75, 3.05) is 30.5 Å². The van der Waals surface area contributed by atoms with Crippen LogP contribution in [0.5, 0.6) is 0 Å². The third-order valence-corrected chi connectivity index (χ3v) is 9.22. The van der Waals surface area contributed by atoms with Crippen LogP contribution in [0.2, 0.25) is 5.02 Å². The highest BCUT2D eigenvalue weighted by Gasteiger charge is 2.30. The minimum atomic E-state index is -2.78. The van der Waals surface area contributed by atoms with Crippen molar-refractivity contribution < 1.29 is 4.57 Å². The smallest absolute Gasteiger partial charge is 0.222 e. The lowest BCUT2D eigenvalue weighted by Gasteiger charge is -2.28. The van der Waals surface area contributed by atoms with E-state index in [2.05, 4.69) is 0 Å². The molecule has 108 valence electrons. The first-order chi connectivity index (χ1) is 9.05. The van der Waals surface area contributed by atoms with Gasteiger partial charge in [0.2, 0.25) is 6.49 Å². The average Bonchev–Trinajstić information content (AvgIpc) is 2.41. The fourth-order valence-corrected chi connectivity index (χ4v) is 7.14. The number of alkyl halides is 3. The van der Waals surface area contributed by atoms with E-state index in [9.17, 15) is 4.57 Å². The van der Waals surface area contributed by atoms with Crippen LogP contribution in [0.15, 0.2) is 29.2 Å². The predicted octanol–water partition coefficient (Wildman–Crippen LogP) is 5.60. The second-order valence-corrected chi connectivity index (χ2v) is 10.5. The Kier molecular flexibility index (Phi) is 8.55. The molecule has 1 unspecified atom stereocenters. The van der Waals surface area contributed by atoms with Gasteiger partial charge in [-0.05, 0) is 35.6 Å². The lowest BCUT2D eigenvalue weighted by atomic mass is 10.4. The van der Waals surface area contributed by atoms with Gasteiger partial charge >= 0.3 is 0 Å². The summed E-state index contributed by atoms with van der Waals surface area (Å²) in [5.41, 5.74) is 0.0497. The number of rotatable bonds is 8. The van der Waals surface area contributed by atoms with E-state index in [1.807, 2.05) is 12.1 Å². The van der Waals surface area contributed by atoms with E-state index < -0.39 is 6.49 Å². The lowest BCUT2D eigenvalue weighted by molar-refractivity contribution is 0.462. The molecule has 0 aliphatic heterocycles. The van der Waals surface area contributed by atoms with Crippen LogP contribution in [-0.4, -0.2) is 35.1 Å². The van der Waals surface area contributed by atoms with Crippen LogP contribution in [0.1, 0.15) is 0 Å². The van der Waals surface area contributed by atoms with Crippen LogP contribution in [0, 0.1) is 0 Å². The second kappa shape index (κ2) is 9.04. The Morgan fingerprint density at radius 3 is 2.00 bits per heavy atom. The molecule has 0 N–H and O–H groups in total. The molecule has 1 rings (SSSR count). The molecule has 0 bridgehead atoms. The highest BCUT2D eigenvalue weighted by atomic mass is 35.5. The summed E-state index contributed by atoms with van der Waals surface area (Å²) in [4.78, 5) is 0.863. The summed E-state index contributed by atoms with van der Waals surface area (Å²) in [5.74, 6) is 0.776. The Morgan fingerprint density at radius 2 is 1.58 bits per heavy atom. The SMILES string of the molecule is O=P(CCl)(Sc1ccc(Cl)cc1)N(CCCl)CCCl. The molecule has 0 aliphatic carbocycles. The topological polar surface area (TPSA) is 20.3 Å². The third-order valence-electron chi connectivity index (χ3n) is 2.33. The minimum Gasteiger partial charge on any atom is -0.293 e. The van der Waals surface area contributed by atoms with Crippen molar-refractivity contribution in [3.05, 3.63) is 29.3 Å². The van der Waals surface area contributed by atoms with Gasteiger partial charge in [0.15, 0.2) is 0 Å². The van der Waals surface area contributed by atoms with Crippen molar-refractivity contribution in [3.63, 3.8) is 0 Å². The first-order valence-electron chi connectivity index (χ1n) is 5.53. The first-order valence-corrected chi connectivity index (χ1v) is 10.8. The van der Waals surface area contributed by atoms with Gasteiger partial charge in [0.1, 0.15) is 0 Å². The van der Waals surface area contributed by atoms with Crippen molar-refractivity contribution in [3.8, 4) is 0 Å². The molecule has 1 aromatic carbocycles. The zero-order chi connectivity index (χ0) is 14.3. The van der Waals surface area contributed by atoms with Gasteiger partial charge in [-0.3, -0.25) is 4.57 Å². The van der Waals surface area contributed by atoms with Gasteiger partial charge in [0.25, 0.3) is 0 Å². The normalized spacial score (nSPS) is 14.6. The molecule has 0 saturated heterocycles. The van der Waals surface area contributed by atoms with Crippen molar-refractivity contribution >= 4 is 64.3 Å². The molecule has 8 heteroatoms. The van der Waals surface area contributed by atoms with E-state index in [1.54, 1.807) is 16.8 Å². The summed E-state index contributed by atoms with van der Waals surface area (Å²) in [6, 6.07) is 7.17. The zero-order valence-electron chi connectivity index (χ0n) is 10.1. The molecule has 0 aliphatic rings. The van der Waals surface area contributed by atoms with Crippen molar-refractivity contribution in [2.45, 2.75) is 4.90 Å². The van der Waals surface area contributed by atoms with Gasteiger partial charge in [-0.15, -0.1) is 34.8 Å². The molecule has 0 fully saturated rings. The summed E-state index contributed by atoms with van der Waals surface area (Å²) in [6.45, 7) is -1.78. The highest BCUT2D eigenvalue weighted by Crippen LogP contribution is 2.64. The summed E-state index contributed by atoms with van der Waals surface area (Å²) in [5, 5.41) is 0.642. The van der Waals surface area contributed by atoms with Gasteiger partial charge in [0.05, 0.1) is 5.62 Å². The maximum atomic E-state index is 12.9. The molecule has 0 spiro atoms. The van der Waals surface area contributed by atoms with Crippen molar-refractivity contribution in [2.24, 2.45) is 0 Å². The molecular formula is C11H14Cl4NOPS. The highest BCUT2D eigenvalue weighted by molar-refractivity contribution is 8.57. The predicted molar refractivity (Wildman–Crippen MR) is 88.6 cm³/mol. The second-order valence-electron chi connectivity index (χ2n) is 3.63. The maximum absolute atomic E-state index is 12.9. The van der Waals surface area contributed by atoms with Crippen molar-refractivity contribution in [1.82, 2.24) is 4.67 Å². The summed E-state index contributed by atoms with van der Waals surface area (Å²) in [6.07, 6.45) is 0. The van der Waals surface area contributed by atoms with Crippen LogP contribution < -0.4 is 0 Å². The van der Waals surface area contributed by atoms with Crippen LogP contribution in [-0.2, 0) is 4.57 Å². The summed E-state index contributed by atoms with van der Waals surface area (Å²) < 4.78 is 14.7. The van der Waals surface area contributed by atoms with E-state index in [0.29, 0.717) is 29.9 Å². The van der Waals surface area contributed by atoms with E-state index in [4.69, 9.17) is 46.4 Å². The molecule has 0 heterocycles. The van der Waals surface area contributed by atoms with Crippen LogP contribution in [0.4, 0.5) is 0 Å². The molecule has 0 aromatic heterocycles. The van der Waals surface area contributed by atoms with Gasteiger partial charge in [-0.1, -0.05) is 11.6 Å². The largest absolute Gasteiger partial charge is 0.293 e. The zero-order valence-corrected chi connectivity index (χ0v) is 14.8. The number of halogens is 4. The molecule has 2 nitrogen and oxygen atoms in total. The Labute approximate surface area is 137 Å². The van der Waals surface area contributed by atoms with Gasteiger partial charge < -0.3 is 0 Å². The number of hydrogen-bond donors (Lipinski definition) is 0. The molecule has 1 atom stereocenters. The molecule has 0 radical (unpaired) electrons. The van der Waals surface area contributed by atoms with Gasteiger partial charge in [-0.2, -0.15) is 0 Å². The standard InChI is InChI=1S/C11H14Cl4NOPS/c12-5-7-16(8-6-13)18(17,9-14)19-11-3-1-10(15)2-4-11/h1-4H,5-9H2. The summed E-state index contributed by atoms with van der Waals surface area (Å²) >= 11 is 24.5. The Hall–Kier alpha value is 0.920. The fraction of sp³-hybridized carbons (Fsp3) is 0.455. The van der Waals surface area contributed by atoms with Crippen LogP contribution >= 0.6 is 64.3 Å². The number of benzene rings is 1. The average molecular weight is 381 g/mol. The summed E-state index contributed by atoms with van der Waals surface area (Å²) in [7, 11) is 0. The van der Waals surface area contributed by atoms with Crippen LogP contribution in [0.25, 0.3) is 0 Å². The van der Waals surface area contributed by atoms with Gasteiger partial charge in [0, 0.05) is 34.8 Å². The van der Waals surface area contributed by atoms with E-state index in [-0.39, 0.29) is 5.62 Å².